The second-order valence-electron chi connectivity index (χ2n) is 3.41. The molecule has 0 aliphatic rings. The van der Waals surface area contributed by atoms with E-state index >= 15 is 0 Å². The molecule has 0 saturated heterocycles. The molecule has 2 aromatic rings. The van der Waals surface area contributed by atoms with E-state index in [9.17, 15) is 9.59 Å². The summed E-state index contributed by atoms with van der Waals surface area (Å²) in [7, 11) is 0. The first kappa shape index (κ1) is 10.9. The zero-order valence-electron chi connectivity index (χ0n) is 8.71. The molecule has 0 unspecified atom stereocenters. The minimum Gasteiger partial charge on any atom is -0.478 e. The van der Waals surface area contributed by atoms with Gasteiger partial charge in [0, 0.05) is 11.3 Å². The molecule has 1 heterocycles. The van der Waals surface area contributed by atoms with Crippen molar-refractivity contribution in [2.24, 2.45) is 0 Å². The number of aromatic carboxylic acids is 1. The van der Waals surface area contributed by atoms with Gasteiger partial charge in [-0.15, -0.1) is 0 Å². The highest BCUT2D eigenvalue weighted by Gasteiger charge is 2.15. The summed E-state index contributed by atoms with van der Waals surface area (Å²) < 4.78 is 4.96. The van der Waals surface area contributed by atoms with Gasteiger partial charge < -0.3 is 15.3 Å². The molecular weight excluding hydrogens is 222 g/mol. The molecule has 0 bridgehead atoms. The Morgan fingerprint density at radius 3 is 2.53 bits per heavy atom. The van der Waals surface area contributed by atoms with Crippen LogP contribution >= 0.6 is 0 Å². The van der Waals surface area contributed by atoms with Crippen LogP contribution in [0.15, 0.2) is 41.0 Å². The Morgan fingerprint density at radius 2 is 2.00 bits per heavy atom. The Balaban J connectivity index is 2.39. The third-order valence-electron chi connectivity index (χ3n) is 2.29. The first-order valence-electron chi connectivity index (χ1n) is 4.80. The van der Waals surface area contributed by atoms with Crippen LogP contribution in [0.1, 0.15) is 26.5 Å². The Kier molecular flexibility index (Phi) is 2.66. The lowest BCUT2D eigenvalue weighted by Gasteiger charge is -2.03. The van der Waals surface area contributed by atoms with Gasteiger partial charge in [0.15, 0.2) is 5.76 Å². The molecular formula is C12H9NO4. The van der Waals surface area contributed by atoms with Crippen LogP contribution in [0, 0.1) is 0 Å². The predicted octanol–water partition coefficient (Wildman–Crippen LogP) is 1.79. The smallest absolute Gasteiger partial charge is 0.337 e. The fourth-order valence-corrected chi connectivity index (χ4v) is 1.45. The summed E-state index contributed by atoms with van der Waals surface area (Å²) in [5, 5.41) is 8.80. The fourth-order valence-electron chi connectivity index (χ4n) is 1.45. The van der Waals surface area contributed by atoms with Gasteiger partial charge in [0.2, 0.25) is 5.78 Å². The Bertz CT molecular complexity index is 572. The maximum Gasteiger partial charge on any atom is 0.337 e. The van der Waals surface area contributed by atoms with Crippen molar-refractivity contribution in [3.63, 3.8) is 0 Å². The van der Waals surface area contributed by atoms with Crippen LogP contribution in [0.3, 0.4) is 0 Å². The SMILES string of the molecule is Nc1cc(C(=O)c2ccco2)ccc1C(=O)O. The van der Waals surface area contributed by atoms with E-state index in [1.807, 2.05) is 0 Å². The first-order valence-corrected chi connectivity index (χ1v) is 4.80. The molecule has 5 heteroatoms. The maximum absolute atomic E-state index is 11.8. The van der Waals surface area contributed by atoms with Crippen molar-refractivity contribution in [1.29, 1.82) is 0 Å². The zero-order valence-corrected chi connectivity index (χ0v) is 8.71. The van der Waals surface area contributed by atoms with E-state index in [4.69, 9.17) is 15.3 Å². The van der Waals surface area contributed by atoms with Gasteiger partial charge in [-0.05, 0) is 30.3 Å². The highest BCUT2D eigenvalue weighted by molar-refractivity contribution is 6.08. The Morgan fingerprint density at radius 1 is 1.24 bits per heavy atom. The van der Waals surface area contributed by atoms with Crippen molar-refractivity contribution in [3.8, 4) is 0 Å². The van der Waals surface area contributed by atoms with E-state index in [0.717, 1.165) is 0 Å². The summed E-state index contributed by atoms with van der Waals surface area (Å²) in [5.74, 6) is -1.27. The van der Waals surface area contributed by atoms with Gasteiger partial charge >= 0.3 is 5.97 Å². The van der Waals surface area contributed by atoms with Crippen LogP contribution in [0.2, 0.25) is 0 Å². The summed E-state index contributed by atoms with van der Waals surface area (Å²) in [6, 6.07) is 7.17. The Hall–Kier alpha value is -2.56. The van der Waals surface area contributed by atoms with E-state index in [2.05, 4.69) is 0 Å². The van der Waals surface area contributed by atoms with Crippen molar-refractivity contribution in [2.45, 2.75) is 0 Å². The summed E-state index contributed by atoms with van der Waals surface area (Å²) >= 11 is 0. The minimum absolute atomic E-state index is 0.0269. The monoisotopic (exact) mass is 231 g/mol. The average Bonchev–Trinajstić information content (AvgIpc) is 2.80. The number of nitrogen functional groups attached to an aromatic ring is 1. The molecule has 0 radical (unpaired) electrons. The number of carbonyl (C=O) groups excluding carboxylic acids is 1. The number of ketones is 1. The van der Waals surface area contributed by atoms with Crippen LogP contribution in [-0.4, -0.2) is 16.9 Å². The topological polar surface area (TPSA) is 93.5 Å². The molecule has 0 saturated carbocycles. The number of nitrogens with two attached hydrogens (primary N) is 1. The molecule has 0 atom stereocenters. The quantitative estimate of drug-likeness (QED) is 0.620. The highest BCUT2D eigenvalue weighted by Crippen LogP contribution is 2.17. The molecule has 0 amide bonds. The number of anilines is 1. The van der Waals surface area contributed by atoms with E-state index in [1.165, 1.54) is 30.5 Å². The standard InChI is InChI=1S/C12H9NO4/c13-9-6-7(3-4-8(9)12(15)16)11(14)10-2-1-5-17-10/h1-6H,13H2,(H,15,16). The van der Waals surface area contributed by atoms with Crippen LogP contribution < -0.4 is 5.73 Å². The van der Waals surface area contributed by atoms with E-state index < -0.39 is 5.97 Å². The molecule has 1 aromatic carbocycles. The van der Waals surface area contributed by atoms with E-state index in [0.29, 0.717) is 5.56 Å². The number of carboxylic acid groups (broad SMARTS) is 1. The second-order valence-corrected chi connectivity index (χ2v) is 3.41. The number of carbonyl (C=O) groups is 2. The first-order chi connectivity index (χ1) is 8.09. The summed E-state index contributed by atoms with van der Waals surface area (Å²) in [6.45, 7) is 0. The normalized spacial score (nSPS) is 10.1. The van der Waals surface area contributed by atoms with Crippen LogP contribution in [0.4, 0.5) is 5.69 Å². The molecule has 0 spiro atoms. The fraction of sp³-hybridized carbons (Fsp3) is 0. The van der Waals surface area contributed by atoms with Crippen molar-refractivity contribution in [1.82, 2.24) is 0 Å². The third-order valence-corrected chi connectivity index (χ3v) is 2.29. The summed E-state index contributed by atoms with van der Waals surface area (Å²) in [4.78, 5) is 22.6. The lowest BCUT2D eigenvalue weighted by Crippen LogP contribution is -2.06. The molecule has 0 aliphatic heterocycles. The van der Waals surface area contributed by atoms with Crippen molar-refractivity contribution >= 4 is 17.4 Å². The number of hydrogen-bond acceptors (Lipinski definition) is 4. The van der Waals surface area contributed by atoms with E-state index in [1.54, 1.807) is 6.07 Å². The van der Waals surface area contributed by atoms with Gasteiger partial charge in [-0.25, -0.2) is 4.79 Å². The van der Waals surface area contributed by atoms with Crippen LogP contribution in [-0.2, 0) is 0 Å². The number of benzene rings is 1. The van der Waals surface area contributed by atoms with Crippen molar-refractivity contribution in [2.75, 3.05) is 5.73 Å². The molecule has 3 N–H and O–H groups in total. The number of rotatable bonds is 3. The largest absolute Gasteiger partial charge is 0.478 e. The molecule has 17 heavy (non-hydrogen) atoms. The Labute approximate surface area is 96.5 Å². The molecule has 2 rings (SSSR count). The van der Waals surface area contributed by atoms with Crippen molar-refractivity contribution < 1.29 is 19.1 Å². The minimum atomic E-state index is -1.13. The molecule has 5 nitrogen and oxygen atoms in total. The molecule has 0 aliphatic carbocycles. The zero-order chi connectivity index (χ0) is 12.4. The van der Waals surface area contributed by atoms with Gasteiger partial charge in [-0.1, -0.05) is 0 Å². The number of hydrogen-bond donors (Lipinski definition) is 2. The summed E-state index contributed by atoms with van der Waals surface area (Å²) in [5.41, 5.74) is 5.87. The van der Waals surface area contributed by atoms with Gasteiger partial charge in [0.1, 0.15) is 0 Å². The van der Waals surface area contributed by atoms with Gasteiger partial charge in [0.25, 0.3) is 0 Å². The molecule has 1 aromatic heterocycles. The lowest BCUT2D eigenvalue weighted by atomic mass is 10.0. The van der Waals surface area contributed by atoms with Gasteiger partial charge in [-0.2, -0.15) is 0 Å². The number of furan rings is 1. The van der Waals surface area contributed by atoms with E-state index in [-0.39, 0.29) is 22.8 Å². The van der Waals surface area contributed by atoms with Gasteiger partial charge in [0.05, 0.1) is 11.8 Å². The van der Waals surface area contributed by atoms with Crippen LogP contribution in [0.25, 0.3) is 0 Å². The van der Waals surface area contributed by atoms with Crippen molar-refractivity contribution in [3.05, 3.63) is 53.5 Å². The third kappa shape index (κ3) is 2.03. The second kappa shape index (κ2) is 4.13. The number of carboxylic acids is 1. The highest BCUT2D eigenvalue weighted by atomic mass is 16.4. The predicted molar refractivity (Wildman–Crippen MR) is 60.0 cm³/mol. The molecule has 0 fully saturated rings. The van der Waals surface area contributed by atoms with Gasteiger partial charge in [-0.3, -0.25) is 4.79 Å². The average molecular weight is 231 g/mol. The lowest BCUT2D eigenvalue weighted by molar-refractivity contribution is 0.0697. The maximum atomic E-state index is 11.8. The summed E-state index contributed by atoms with van der Waals surface area (Å²) in [6.07, 6.45) is 1.39. The van der Waals surface area contributed by atoms with Crippen LogP contribution in [0.5, 0.6) is 0 Å². The molecule has 86 valence electrons.